The Labute approximate surface area is 216 Å². The van der Waals surface area contributed by atoms with Crippen LogP contribution in [-0.2, 0) is 20.5 Å². The number of amides is 2. The van der Waals surface area contributed by atoms with Gasteiger partial charge in [0.25, 0.3) is 0 Å². The van der Waals surface area contributed by atoms with Gasteiger partial charge in [-0.25, -0.2) is 4.99 Å². The first-order valence-electron chi connectivity index (χ1n) is 11.4. The van der Waals surface area contributed by atoms with E-state index in [0.29, 0.717) is 18.3 Å². The number of halogens is 4. The maximum Gasteiger partial charge on any atom is 0.416 e. The fourth-order valence-electron chi connectivity index (χ4n) is 4.13. The second kappa shape index (κ2) is 10.8. The van der Waals surface area contributed by atoms with Crippen LogP contribution in [0.3, 0.4) is 0 Å². The van der Waals surface area contributed by atoms with Crippen molar-refractivity contribution in [1.29, 1.82) is 0 Å². The lowest BCUT2D eigenvalue weighted by Crippen LogP contribution is -2.38. The monoisotopic (exact) mass is 539 g/mol. The summed E-state index contributed by atoms with van der Waals surface area (Å²) in [7, 11) is 0. The number of anilines is 1. The largest absolute Gasteiger partial charge is 0.416 e. The van der Waals surface area contributed by atoms with Gasteiger partial charge in [-0.3, -0.25) is 14.5 Å². The Morgan fingerprint density at radius 3 is 2.61 bits per heavy atom. The third-order valence-corrected chi connectivity index (χ3v) is 7.52. The van der Waals surface area contributed by atoms with E-state index in [4.69, 9.17) is 21.3 Å². The van der Waals surface area contributed by atoms with Crippen LogP contribution in [-0.4, -0.2) is 46.4 Å². The number of carbonyl (C=O) groups is 2. The average Bonchev–Trinajstić information content (AvgIpc) is 3.41. The molecule has 2 amide bonds. The number of amidine groups is 1. The first kappa shape index (κ1) is 26.5. The molecule has 0 saturated carbocycles. The van der Waals surface area contributed by atoms with Gasteiger partial charge in [-0.1, -0.05) is 41.6 Å². The topological polar surface area (TPSA) is 71.0 Å². The highest BCUT2D eigenvalue weighted by Gasteiger charge is 2.41. The lowest BCUT2D eigenvalue weighted by molar-refractivity contribution is -0.137. The number of thioether (sulfide) groups is 1. The number of aryl methyl sites for hydroxylation is 2. The van der Waals surface area contributed by atoms with Crippen LogP contribution in [0.5, 0.6) is 0 Å². The Kier molecular flexibility index (Phi) is 7.96. The Bertz CT molecular complexity index is 1180. The maximum absolute atomic E-state index is 13.3. The summed E-state index contributed by atoms with van der Waals surface area (Å²) in [6.07, 6.45) is -3.21. The van der Waals surface area contributed by atoms with Crippen molar-refractivity contribution >= 4 is 51.7 Å². The second-order valence-corrected chi connectivity index (χ2v) is 10.3. The summed E-state index contributed by atoms with van der Waals surface area (Å²) in [4.78, 5) is 32.4. The van der Waals surface area contributed by atoms with E-state index in [1.807, 2.05) is 32.0 Å². The molecule has 4 rings (SSSR count). The summed E-state index contributed by atoms with van der Waals surface area (Å²) in [5, 5.41) is 2.09. The summed E-state index contributed by atoms with van der Waals surface area (Å²) in [5.74, 6) is -0.904. The molecule has 0 unspecified atom stereocenters. The minimum Gasteiger partial charge on any atom is -0.376 e. The number of benzene rings is 2. The Balaban J connectivity index is 1.54. The maximum atomic E-state index is 13.3. The van der Waals surface area contributed by atoms with Crippen LogP contribution in [0.2, 0.25) is 5.02 Å². The average molecular weight is 540 g/mol. The molecule has 6 nitrogen and oxygen atoms in total. The van der Waals surface area contributed by atoms with E-state index >= 15 is 0 Å². The SMILES string of the molecule is Cc1cccc(C)c1N=C1S[C@@H](CC(=O)Nc2cc(C(F)(F)F)ccc2Cl)C(=O)N1C[C@H]1CCCO1. The predicted molar refractivity (Wildman–Crippen MR) is 135 cm³/mol. The quantitative estimate of drug-likeness (QED) is 0.480. The van der Waals surface area contributed by atoms with Crippen molar-refractivity contribution in [3.8, 4) is 0 Å². The zero-order chi connectivity index (χ0) is 26.0. The van der Waals surface area contributed by atoms with Gasteiger partial charge in [-0.15, -0.1) is 0 Å². The molecule has 0 aliphatic carbocycles. The van der Waals surface area contributed by atoms with Crippen LogP contribution in [0.15, 0.2) is 41.4 Å². The van der Waals surface area contributed by atoms with Crippen LogP contribution in [0.1, 0.15) is 36.0 Å². The van der Waals surface area contributed by atoms with E-state index < -0.39 is 22.9 Å². The number of hydrogen-bond donors (Lipinski definition) is 1. The van der Waals surface area contributed by atoms with Crippen LogP contribution >= 0.6 is 23.4 Å². The van der Waals surface area contributed by atoms with Gasteiger partial charge in [0, 0.05) is 13.0 Å². The third kappa shape index (κ3) is 6.04. The molecule has 2 atom stereocenters. The molecule has 2 aromatic rings. The van der Waals surface area contributed by atoms with Crippen molar-refractivity contribution in [3.63, 3.8) is 0 Å². The normalized spacial score (nSPS) is 21.4. The van der Waals surface area contributed by atoms with E-state index in [-0.39, 0.29) is 29.1 Å². The van der Waals surface area contributed by atoms with E-state index in [0.717, 1.165) is 47.9 Å². The number of aliphatic imine (C=N–C) groups is 1. The van der Waals surface area contributed by atoms with Crippen molar-refractivity contribution in [3.05, 3.63) is 58.1 Å². The first-order chi connectivity index (χ1) is 17.0. The van der Waals surface area contributed by atoms with Crippen LogP contribution in [0, 0.1) is 13.8 Å². The van der Waals surface area contributed by atoms with Crippen molar-refractivity contribution in [2.45, 2.75) is 50.6 Å². The minimum atomic E-state index is -4.58. The standard InChI is InChI=1S/C25H25ClF3N3O3S/c1-14-5-3-6-15(2)22(14)31-24-32(13-17-7-4-10-35-17)23(34)20(36-24)12-21(33)30-19-11-16(25(27,28)29)8-9-18(19)26/h3,5-6,8-9,11,17,20H,4,7,10,12-13H2,1-2H3,(H,30,33)/t17-,20+/m1/s1. The van der Waals surface area contributed by atoms with Gasteiger partial charge in [-0.2, -0.15) is 13.2 Å². The van der Waals surface area contributed by atoms with E-state index in [1.165, 1.54) is 11.8 Å². The fourth-order valence-corrected chi connectivity index (χ4v) is 5.45. The van der Waals surface area contributed by atoms with Gasteiger partial charge in [0.1, 0.15) is 5.25 Å². The molecule has 2 aromatic carbocycles. The summed E-state index contributed by atoms with van der Waals surface area (Å²) in [6, 6.07) is 8.49. The predicted octanol–water partition coefficient (Wildman–Crippen LogP) is 6.11. The molecule has 0 aromatic heterocycles. The van der Waals surface area contributed by atoms with Crippen LogP contribution in [0.25, 0.3) is 0 Å². The van der Waals surface area contributed by atoms with Crippen LogP contribution in [0.4, 0.5) is 24.5 Å². The molecule has 36 heavy (non-hydrogen) atoms. The molecule has 11 heteroatoms. The van der Waals surface area contributed by atoms with Gasteiger partial charge < -0.3 is 10.1 Å². The summed E-state index contributed by atoms with van der Waals surface area (Å²) in [6.45, 7) is 4.82. The number of nitrogens with zero attached hydrogens (tertiary/aromatic N) is 2. The number of ether oxygens (including phenoxy) is 1. The number of alkyl halides is 3. The van der Waals surface area contributed by atoms with E-state index in [1.54, 1.807) is 4.90 Å². The summed E-state index contributed by atoms with van der Waals surface area (Å²) < 4.78 is 44.9. The molecule has 1 N–H and O–H groups in total. The van der Waals surface area contributed by atoms with Gasteiger partial charge in [0.05, 0.1) is 34.6 Å². The zero-order valence-electron chi connectivity index (χ0n) is 19.7. The fraction of sp³-hybridized carbons (Fsp3) is 0.400. The first-order valence-corrected chi connectivity index (χ1v) is 12.7. The molecule has 192 valence electrons. The number of hydrogen-bond acceptors (Lipinski definition) is 5. The molecule has 2 heterocycles. The number of para-hydroxylation sites is 1. The van der Waals surface area contributed by atoms with Gasteiger partial charge >= 0.3 is 6.18 Å². The van der Waals surface area contributed by atoms with E-state index in [9.17, 15) is 22.8 Å². The molecule has 0 spiro atoms. The zero-order valence-corrected chi connectivity index (χ0v) is 21.3. The number of nitrogens with one attached hydrogen (secondary N) is 1. The summed E-state index contributed by atoms with van der Waals surface area (Å²) in [5.41, 5.74) is 1.57. The Morgan fingerprint density at radius 2 is 1.97 bits per heavy atom. The van der Waals surface area contributed by atoms with Gasteiger partial charge in [0.15, 0.2) is 5.17 Å². The highest BCUT2D eigenvalue weighted by atomic mass is 35.5. The Morgan fingerprint density at radius 1 is 1.25 bits per heavy atom. The number of carbonyl (C=O) groups excluding carboxylic acids is 2. The molecule has 0 bridgehead atoms. The van der Waals surface area contributed by atoms with E-state index in [2.05, 4.69) is 5.32 Å². The highest BCUT2D eigenvalue weighted by molar-refractivity contribution is 8.15. The van der Waals surface area contributed by atoms with Crippen LogP contribution < -0.4 is 5.32 Å². The summed E-state index contributed by atoms with van der Waals surface area (Å²) >= 11 is 7.17. The smallest absolute Gasteiger partial charge is 0.376 e. The second-order valence-electron chi connectivity index (χ2n) is 8.77. The molecule has 2 fully saturated rings. The Hall–Kier alpha value is -2.56. The molecule has 2 saturated heterocycles. The molecular formula is C25H25ClF3N3O3S. The molecular weight excluding hydrogens is 515 g/mol. The lowest BCUT2D eigenvalue weighted by Gasteiger charge is -2.20. The highest BCUT2D eigenvalue weighted by Crippen LogP contribution is 2.36. The molecule has 2 aliphatic rings. The van der Waals surface area contributed by atoms with Gasteiger partial charge in [-0.05, 0) is 56.0 Å². The third-order valence-electron chi connectivity index (χ3n) is 6.02. The minimum absolute atomic E-state index is 0.0287. The van der Waals surface area contributed by atoms with Crippen molar-refractivity contribution in [2.75, 3.05) is 18.5 Å². The molecule has 2 aliphatic heterocycles. The number of rotatable bonds is 6. The van der Waals surface area contributed by atoms with Crippen molar-refractivity contribution in [2.24, 2.45) is 4.99 Å². The van der Waals surface area contributed by atoms with Crippen molar-refractivity contribution < 1.29 is 27.5 Å². The molecule has 0 radical (unpaired) electrons. The lowest BCUT2D eigenvalue weighted by atomic mass is 10.1. The van der Waals surface area contributed by atoms with Crippen molar-refractivity contribution in [1.82, 2.24) is 4.90 Å². The van der Waals surface area contributed by atoms with Gasteiger partial charge in [0.2, 0.25) is 11.8 Å².